The highest BCUT2D eigenvalue weighted by Crippen LogP contribution is 2.19. The SMILES string of the molecule is O=N[C@@H](Cc1c[nH]c2ccccc12)C(=O)O. The Morgan fingerprint density at radius 2 is 2.19 bits per heavy atom. The smallest absolute Gasteiger partial charge is 0.332 e. The van der Waals surface area contributed by atoms with Crippen molar-refractivity contribution < 1.29 is 9.90 Å². The summed E-state index contributed by atoms with van der Waals surface area (Å²) in [6.07, 6.45) is 1.83. The third-order valence-electron chi connectivity index (χ3n) is 2.50. The highest BCUT2D eigenvalue weighted by atomic mass is 16.4. The molecular weight excluding hydrogens is 208 g/mol. The Hall–Kier alpha value is -2.17. The summed E-state index contributed by atoms with van der Waals surface area (Å²) in [7, 11) is 0. The molecule has 0 unspecified atom stereocenters. The third kappa shape index (κ3) is 1.79. The quantitative estimate of drug-likeness (QED) is 0.769. The number of para-hydroxylation sites is 1. The van der Waals surface area contributed by atoms with Gasteiger partial charge in [0, 0.05) is 23.5 Å². The van der Waals surface area contributed by atoms with Crippen molar-refractivity contribution in [1.29, 1.82) is 0 Å². The molecule has 0 aliphatic carbocycles. The van der Waals surface area contributed by atoms with Crippen LogP contribution in [0.2, 0.25) is 0 Å². The van der Waals surface area contributed by atoms with E-state index in [0.717, 1.165) is 16.5 Å². The molecule has 1 aromatic carbocycles. The van der Waals surface area contributed by atoms with Gasteiger partial charge in [0.2, 0.25) is 0 Å². The van der Waals surface area contributed by atoms with Crippen LogP contribution in [-0.2, 0) is 11.2 Å². The van der Waals surface area contributed by atoms with Crippen molar-refractivity contribution in [2.75, 3.05) is 0 Å². The molecule has 5 nitrogen and oxygen atoms in total. The second-order valence-corrected chi connectivity index (χ2v) is 3.52. The zero-order chi connectivity index (χ0) is 11.5. The van der Waals surface area contributed by atoms with Gasteiger partial charge >= 0.3 is 5.97 Å². The number of aliphatic carboxylic acids is 1. The van der Waals surface area contributed by atoms with Crippen LogP contribution in [0.15, 0.2) is 35.6 Å². The number of fused-ring (bicyclic) bond motifs is 1. The summed E-state index contributed by atoms with van der Waals surface area (Å²) >= 11 is 0. The molecule has 0 aliphatic rings. The molecule has 82 valence electrons. The number of benzene rings is 1. The van der Waals surface area contributed by atoms with Gasteiger partial charge in [0.05, 0.1) is 0 Å². The lowest BCUT2D eigenvalue weighted by molar-refractivity contribution is -0.138. The fourth-order valence-corrected chi connectivity index (χ4v) is 1.68. The Morgan fingerprint density at radius 1 is 1.44 bits per heavy atom. The lowest BCUT2D eigenvalue weighted by Gasteiger charge is -2.02. The summed E-state index contributed by atoms with van der Waals surface area (Å²) in [5, 5.41) is 12.3. The van der Waals surface area contributed by atoms with Gasteiger partial charge in [-0.15, -0.1) is 4.91 Å². The number of aromatic nitrogens is 1. The first kappa shape index (κ1) is 10.4. The van der Waals surface area contributed by atoms with Crippen molar-refractivity contribution in [2.45, 2.75) is 12.5 Å². The fourth-order valence-electron chi connectivity index (χ4n) is 1.68. The molecular formula is C11H10N2O3. The number of H-pyrrole nitrogens is 1. The normalized spacial score (nSPS) is 12.5. The number of nitrogens with one attached hydrogen (secondary N) is 1. The summed E-state index contributed by atoms with van der Waals surface area (Å²) < 4.78 is 0. The van der Waals surface area contributed by atoms with Crippen LogP contribution in [0.1, 0.15) is 5.56 Å². The van der Waals surface area contributed by atoms with Crippen molar-refractivity contribution in [3.05, 3.63) is 40.9 Å². The van der Waals surface area contributed by atoms with Gasteiger partial charge in [0.1, 0.15) is 0 Å². The summed E-state index contributed by atoms with van der Waals surface area (Å²) in [6.45, 7) is 0. The first-order chi connectivity index (χ1) is 7.72. The van der Waals surface area contributed by atoms with Gasteiger partial charge in [-0.25, -0.2) is 4.79 Å². The van der Waals surface area contributed by atoms with Gasteiger partial charge in [0.25, 0.3) is 0 Å². The number of nitroso groups, excluding NO2 is 1. The van der Waals surface area contributed by atoms with E-state index in [9.17, 15) is 9.70 Å². The van der Waals surface area contributed by atoms with Crippen LogP contribution in [-0.4, -0.2) is 22.1 Å². The number of aromatic amines is 1. The number of nitrogens with zero attached hydrogens (tertiary/aromatic N) is 1. The molecule has 0 amide bonds. The van der Waals surface area contributed by atoms with Crippen LogP contribution in [0.25, 0.3) is 10.9 Å². The predicted molar refractivity (Wildman–Crippen MR) is 59.2 cm³/mol. The van der Waals surface area contributed by atoms with E-state index in [-0.39, 0.29) is 6.42 Å². The molecule has 0 radical (unpaired) electrons. The molecule has 1 heterocycles. The van der Waals surface area contributed by atoms with E-state index in [1.807, 2.05) is 24.3 Å². The van der Waals surface area contributed by atoms with E-state index in [4.69, 9.17) is 5.11 Å². The lowest BCUT2D eigenvalue weighted by atomic mass is 10.1. The predicted octanol–water partition coefficient (Wildman–Crippen LogP) is 1.93. The average molecular weight is 218 g/mol. The van der Waals surface area contributed by atoms with E-state index >= 15 is 0 Å². The number of carbonyl (C=O) groups is 1. The summed E-state index contributed by atoms with van der Waals surface area (Å²) in [4.78, 5) is 24.1. The zero-order valence-electron chi connectivity index (χ0n) is 8.38. The number of rotatable bonds is 4. The van der Waals surface area contributed by atoms with E-state index in [1.54, 1.807) is 6.20 Å². The number of hydrogen-bond acceptors (Lipinski definition) is 3. The summed E-state index contributed by atoms with van der Waals surface area (Å²) in [6, 6.07) is 6.30. The lowest BCUT2D eigenvalue weighted by Crippen LogP contribution is -2.19. The minimum atomic E-state index is -1.22. The Balaban J connectivity index is 2.34. The Bertz CT molecular complexity index is 533. The van der Waals surface area contributed by atoms with Crippen molar-refractivity contribution in [3.63, 3.8) is 0 Å². The van der Waals surface area contributed by atoms with Crippen LogP contribution in [0, 0.1) is 4.91 Å². The van der Waals surface area contributed by atoms with E-state index in [2.05, 4.69) is 10.2 Å². The number of carboxylic acid groups (broad SMARTS) is 1. The Labute approximate surface area is 91.1 Å². The van der Waals surface area contributed by atoms with Gasteiger partial charge in [0.15, 0.2) is 6.04 Å². The molecule has 0 bridgehead atoms. The highest BCUT2D eigenvalue weighted by molar-refractivity contribution is 5.84. The topological polar surface area (TPSA) is 82.5 Å². The minimum Gasteiger partial charge on any atom is -0.480 e. The Kier molecular flexibility index (Phi) is 2.68. The molecule has 2 aromatic rings. The molecule has 0 spiro atoms. The van der Waals surface area contributed by atoms with Crippen molar-refractivity contribution in [2.24, 2.45) is 5.18 Å². The standard InChI is InChI=1S/C11H10N2O3/c14-11(15)10(13-16)5-7-6-12-9-4-2-1-3-8(7)9/h1-4,6,10,12H,5H2,(H,14,15)/t10-/m0/s1. The minimum absolute atomic E-state index is 0.114. The molecule has 2 rings (SSSR count). The molecule has 5 heteroatoms. The second kappa shape index (κ2) is 4.14. The summed E-state index contributed by atoms with van der Waals surface area (Å²) in [5.41, 5.74) is 1.72. The van der Waals surface area contributed by atoms with Crippen LogP contribution in [0.5, 0.6) is 0 Å². The van der Waals surface area contributed by atoms with Gasteiger partial charge in [-0.3, -0.25) is 0 Å². The maximum Gasteiger partial charge on any atom is 0.332 e. The van der Waals surface area contributed by atoms with Crippen molar-refractivity contribution in [3.8, 4) is 0 Å². The molecule has 0 saturated heterocycles. The van der Waals surface area contributed by atoms with Crippen LogP contribution >= 0.6 is 0 Å². The van der Waals surface area contributed by atoms with Gasteiger partial charge in [-0.2, -0.15) is 0 Å². The van der Waals surface area contributed by atoms with Crippen molar-refractivity contribution >= 4 is 16.9 Å². The van der Waals surface area contributed by atoms with Gasteiger partial charge in [-0.1, -0.05) is 23.4 Å². The molecule has 2 N–H and O–H groups in total. The maximum absolute atomic E-state index is 10.7. The molecule has 0 saturated carbocycles. The Morgan fingerprint density at radius 3 is 2.88 bits per heavy atom. The zero-order valence-corrected chi connectivity index (χ0v) is 8.38. The van der Waals surface area contributed by atoms with E-state index < -0.39 is 12.0 Å². The molecule has 1 atom stereocenters. The van der Waals surface area contributed by atoms with Crippen LogP contribution in [0.4, 0.5) is 0 Å². The first-order valence-electron chi connectivity index (χ1n) is 4.82. The monoisotopic (exact) mass is 218 g/mol. The first-order valence-corrected chi connectivity index (χ1v) is 4.82. The maximum atomic E-state index is 10.7. The van der Waals surface area contributed by atoms with E-state index in [0.29, 0.717) is 0 Å². The van der Waals surface area contributed by atoms with E-state index in [1.165, 1.54) is 0 Å². The van der Waals surface area contributed by atoms with Crippen LogP contribution in [0.3, 0.4) is 0 Å². The molecule has 0 fully saturated rings. The van der Waals surface area contributed by atoms with Crippen molar-refractivity contribution in [1.82, 2.24) is 4.98 Å². The highest BCUT2D eigenvalue weighted by Gasteiger charge is 2.19. The molecule has 16 heavy (non-hydrogen) atoms. The average Bonchev–Trinajstić information content (AvgIpc) is 2.69. The second-order valence-electron chi connectivity index (χ2n) is 3.52. The van der Waals surface area contributed by atoms with Gasteiger partial charge < -0.3 is 10.1 Å². The number of carboxylic acids is 1. The summed E-state index contributed by atoms with van der Waals surface area (Å²) in [5.74, 6) is -1.19. The molecule has 0 aliphatic heterocycles. The largest absolute Gasteiger partial charge is 0.480 e. The fraction of sp³-hybridized carbons (Fsp3) is 0.182. The third-order valence-corrected chi connectivity index (χ3v) is 2.50. The van der Waals surface area contributed by atoms with Crippen LogP contribution < -0.4 is 0 Å². The number of hydrogen-bond donors (Lipinski definition) is 2. The molecule has 1 aromatic heterocycles. The van der Waals surface area contributed by atoms with Gasteiger partial charge in [-0.05, 0) is 11.6 Å².